The predicted molar refractivity (Wildman–Crippen MR) is 300 cm³/mol. The van der Waals surface area contributed by atoms with Crippen LogP contribution in [0.3, 0.4) is 0 Å². The van der Waals surface area contributed by atoms with Crippen molar-refractivity contribution in [3.05, 3.63) is 216 Å². The maximum absolute atomic E-state index is 14.2. The Labute approximate surface area is 455 Å². The number of nitrogens with zero attached hydrogens (tertiary/aromatic N) is 4. The molecule has 9 N–H and O–H groups in total. The number of fused-ring (bicyclic) bond motifs is 2. The Morgan fingerprint density at radius 2 is 0.924 bits per heavy atom. The predicted octanol–water partition coefficient (Wildman–Crippen LogP) is 9.42. The summed E-state index contributed by atoms with van der Waals surface area (Å²) in [6.45, 7) is 2.96. The molecule has 0 saturated carbocycles. The van der Waals surface area contributed by atoms with E-state index in [1.54, 1.807) is 21.3 Å². The molecule has 22 heteroatoms. The van der Waals surface area contributed by atoms with E-state index >= 15 is 0 Å². The van der Waals surface area contributed by atoms with Crippen LogP contribution in [0.4, 0.5) is 11.4 Å². The number of primary amides is 2. The van der Waals surface area contributed by atoms with Crippen molar-refractivity contribution in [2.75, 3.05) is 23.8 Å². The quantitative estimate of drug-likeness (QED) is 0.0262. The number of nitrogens with two attached hydrogens (primary N) is 2. The van der Waals surface area contributed by atoms with Gasteiger partial charge in [0.1, 0.15) is 0 Å². The van der Waals surface area contributed by atoms with Gasteiger partial charge in [-0.15, -0.1) is 0 Å². The number of hydrogen-bond acceptors (Lipinski definition) is 14. The van der Waals surface area contributed by atoms with Gasteiger partial charge in [-0.2, -0.15) is 10.2 Å². The summed E-state index contributed by atoms with van der Waals surface area (Å²) < 4.78 is 57.2. The van der Waals surface area contributed by atoms with Crippen LogP contribution in [0.2, 0.25) is 0 Å². The van der Waals surface area contributed by atoms with Crippen LogP contribution in [0.15, 0.2) is 189 Å². The first-order valence-corrected chi connectivity index (χ1v) is 27.9. The number of carbonyl (C=O) groups excluding carboxylic acids is 2. The Balaban J connectivity index is 0.000000240. The molecule has 0 aliphatic heterocycles. The van der Waals surface area contributed by atoms with Gasteiger partial charge >= 0.3 is 15.6 Å². The molecular formula is C57H60N8O12P2. The topological polar surface area (TPSA) is 286 Å². The molecule has 0 saturated heterocycles. The number of aliphatic hydroxyl groups is 1. The molecule has 4 atom stereocenters. The molecule has 0 spiro atoms. The van der Waals surface area contributed by atoms with Crippen molar-refractivity contribution in [1.29, 1.82) is 0 Å². The van der Waals surface area contributed by atoms with Gasteiger partial charge in [-0.3, -0.25) is 27.7 Å². The fourth-order valence-electron chi connectivity index (χ4n) is 8.17. The van der Waals surface area contributed by atoms with E-state index in [0.717, 1.165) is 38.9 Å². The monoisotopic (exact) mass is 1110 g/mol. The minimum absolute atomic E-state index is 0.00822. The van der Waals surface area contributed by atoms with Gasteiger partial charge in [0.05, 0.1) is 103 Å². The lowest BCUT2D eigenvalue weighted by atomic mass is 10.1. The summed E-state index contributed by atoms with van der Waals surface area (Å²) in [6.07, 6.45) is 4.78. The van der Waals surface area contributed by atoms with E-state index in [-0.39, 0.29) is 36.6 Å². The number of rotatable bonds is 25. The number of phosphoric acid groups is 2. The van der Waals surface area contributed by atoms with E-state index in [0.29, 0.717) is 23.3 Å². The lowest BCUT2D eigenvalue weighted by Crippen LogP contribution is -2.38. The highest BCUT2D eigenvalue weighted by molar-refractivity contribution is 7.48. The van der Waals surface area contributed by atoms with Gasteiger partial charge in [0.2, 0.25) is 0 Å². The van der Waals surface area contributed by atoms with Gasteiger partial charge < -0.3 is 41.7 Å². The Bertz CT molecular complexity index is 3490. The number of nitrogens with one attached hydrogen (secondary N) is 2. The van der Waals surface area contributed by atoms with Gasteiger partial charge in [-0.05, 0) is 53.8 Å². The van der Waals surface area contributed by atoms with Crippen molar-refractivity contribution in [1.82, 2.24) is 19.2 Å². The maximum atomic E-state index is 14.2. The molecule has 4 heterocycles. The number of hydrogen-bond donors (Lipinski definition) is 7. The Hall–Kier alpha value is -7.84. The summed E-state index contributed by atoms with van der Waals surface area (Å²) in [5.74, 6) is -1.41. The second-order valence-corrected chi connectivity index (χ2v) is 21.1. The Morgan fingerprint density at radius 3 is 1.32 bits per heavy atom. The third-order valence-electron chi connectivity index (χ3n) is 12.5. The average Bonchev–Trinajstić information content (AvgIpc) is 4.33. The summed E-state index contributed by atoms with van der Waals surface area (Å²) in [5, 5.41) is 25.1. The SMILES string of the molecule is C[C@@H](O)[C@@H](COP(=O)(O)O)Nc1c(C(N)=O)cnn2cc(-c3ccccc3)cc12.C[C@@H](OCc1ccccc1)[C@@H](COP(=O)(OCc1ccccc1)OCc1ccccc1)Nc1c(C(N)=O)cnn2cc(-c3ccccc3)cc12. The lowest BCUT2D eigenvalue weighted by molar-refractivity contribution is 0.0219. The smallest absolute Gasteiger partial charge is 0.391 e. The second kappa shape index (κ2) is 26.7. The standard InChI is InChI=1S/C39H39N4O6P.C18H21N4O6P/c1-29(46-25-30-14-6-2-7-15-30)36(28-49-50(45,47-26-31-16-8-3-9-17-31)48-27-32-18-10-4-11-19-32)42-38-35(39(40)44)23-41-43-24-34(22-37(38)43)33-20-12-5-13-21-33;1-11(23)15(10-28-29(25,26)27)21-17-14(18(19)24)8-20-22-9-13(7-16(17)22)12-5-3-2-4-6-12/h2-24,29,36,42H,25-28H2,1H3,(H2,40,44);2-9,11,15,21,23H,10H2,1H3,(H2,19,24)(H2,25,26,27)/t29-,36-;11-,15-/m11/s1. The molecule has 0 fully saturated rings. The first-order chi connectivity index (χ1) is 38.0. The van der Waals surface area contributed by atoms with Crippen molar-refractivity contribution in [3.8, 4) is 22.3 Å². The summed E-state index contributed by atoms with van der Waals surface area (Å²) in [4.78, 5) is 42.6. The molecule has 9 aromatic rings. The third-order valence-corrected chi connectivity index (χ3v) is 14.3. The summed E-state index contributed by atoms with van der Waals surface area (Å²) >= 11 is 0. The molecule has 79 heavy (non-hydrogen) atoms. The highest BCUT2D eigenvalue weighted by Gasteiger charge is 2.32. The summed E-state index contributed by atoms with van der Waals surface area (Å²) in [7, 11) is -8.88. The number of carbonyl (C=O) groups is 2. The zero-order valence-electron chi connectivity index (χ0n) is 43.1. The van der Waals surface area contributed by atoms with Crippen molar-refractivity contribution in [2.45, 2.75) is 58.0 Å². The Morgan fingerprint density at radius 1 is 0.544 bits per heavy atom. The molecule has 4 aromatic heterocycles. The van der Waals surface area contributed by atoms with Crippen LogP contribution in [0.1, 0.15) is 51.3 Å². The lowest BCUT2D eigenvalue weighted by Gasteiger charge is -2.29. The number of benzene rings is 5. The first kappa shape index (κ1) is 57.3. The van der Waals surface area contributed by atoms with E-state index < -0.39 is 58.4 Å². The molecule has 0 radical (unpaired) electrons. The fraction of sp³-hybridized carbons (Fsp3) is 0.193. The minimum atomic E-state index is -4.74. The van der Waals surface area contributed by atoms with Crippen molar-refractivity contribution >= 4 is 49.9 Å². The molecule has 0 aliphatic carbocycles. The molecule has 0 aliphatic rings. The maximum Gasteiger partial charge on any atom is 0.475 e. The van der Waals surface area contributed by atoms with E-state index in [1.165, 1.54) is 19.3 Å². The highest BCUT2D eigenvalue weighted by Crippen LogP contribution is 2.51. The van der Waals surface area contributed by atoms with Crippen molar-refractivity contribution in [2.24, 2.45) is 11.5 Å². The number of aromatic nitrogens is 4. The Kier molecular flexibility index (Phi) is 19.4. The molecular weight excluding hydrogens is 1050 g/mol. The normalized spacial score (nSPS) is 13.2. The molecule has 0 unspecified atom stereocenters. The second-order valence-electron chi connectivity index (χ2n) is 18.2. The largest absolute Gasteiger partial charge is 0.475 e. The molecule has 5 aromatic carbocycles. The molecule has 2 amide bonds. The number of phosphoric ester groups is 2. The molecule has 410 valence electrons. The van der Waals surface area contributed by atoms with Crippen molar-refractivity contribution < 1.29 is 56.4 Å². The number of aliphatic hydroxyl groups excluding tert-OH is 1. The number of amides is 2. The molecule has 20 nitrogen and oxygen atoms in total. The molecule has 9 rings (SSSR count). The van der Waals surface area contributed by atoms with E-state index in [1.807, 2.05) is 171 Å². The highest BCUT2D eigenvalue weighted by atomic mass is 31.2. The van der Waals surface area contributed by atoms with Crippen LogP contribution in [-0.2, 0) is 51.8 Å². The zero-order chi connectivity index (χ0) is 55.9. The summed E-state index contributed by atoms with van der Waals surface area (Å²) in [6, 6.07) is 50.0. The van der Waals surface area contributed by atoms with Crippen LogP contribution in [-0.4, -0.2) is 83.4 Å². The van der Waals surface area contributed by atoms with Crippen LogP contribution < -0.4 is 22.1 Å². The minimum Gasteiger partial charge on any atom is -0.391 e. The van der Waals surface area contributed by atoms with Crippen LogP contribution in [0.5, 0.6) is 0 Å². The van der Waals surface area contributed by atoms with Crippen LogP contribution >= 0.6 is 15.6 Å². The van der Waals surface area contributed by atoms with Gasteiger partial charge in [0, 0.05) is 23.5 Å². The van der Waals surface area contributed by atoms with Gasteiger partial charge in [-0.1, -0.05) is 152 Å². The van der Waals surface area contributed by atoms with Gasteiger partial charge in [0.15, 0.2) is 0 Å². The molecule has 0 bridgehead atoms. The first-order valence-electron chi connectivity index (χ1n) is 24.9. The van der Waals surface area contributed by atoms with E-state index in [9.17, 15) is 23.8 Å². The number of anilines is 2. The van der Waals surface area contributed by atoms with Crippen LogP contribution in [0.25, 0.3) is 33.3 Å². The van der Waals surface area contributed by atoms with E-state index in [2.05, 4.69) is 25.4 Å². The van der Waals surface area contributed by atoms with Gasteiger partial charge in [0.25, 0.3) is 11.8 Å². The summed E-state index contributed by atoms with van der Waals surface area (Å²) in [5.41, 5.74) is 19.7. The van der Waals surface area contributed by atoms with Crippen molar-refractivity contribution in [3.63, 3.8) is 0 Å². The average molecular weight is 1110 g/mol. The third kappa shape index (κ3) is 15.9. The fourth-order valence-corrected chi connectivity index (χ4v) is 9.70. The number of ether oxygens (including phenoxy) is 1. The van der Waals surface area contributed by atoms with Gasteiger partial charge in [-0.25, -0.2) is 18.2 Å². The van der Waals surface area contributed by atoms with E-state index in [4.69, 9.17) is 39.6 Å². The zero-order valence-corrected chi connectivity index (χ0v) is 44.9. The van der Waals surface area contributed by atoms with Crippen LogP contribution in [0, 0.1) is 0 Å².